The predicted octanol–water partition coefficient (Wildman–Crippen LogP) is 10.4. The van der Waals surface area contributed by atoms with Crippen LogP contribution in [0.3, 0.4) is 0 Å². The summed E-state index contributed by atoms with van der Waals surface area (Å²) >= 11 is 1.91. The maximum absolute atomic E-state index is 10.4. The highest BCUT2D eigenvalue weighted by atomic mass is 32.1. The lowest BCUT2D eigenvalue weighted by Crippen LogP contribution is -2.14. The van der Waals surface area contributed by atoms with Crippen molar-refractivity contribution in [1.29, 1.82) is 10.5 Å². The van der Waals surface area contributed by atoms with Gasteiger partial charge in [-0.3, -0.25) is 0 Å². The van der Waals surface area contributed by atoms with Crippen molar-refractivity contribution in [3.05, 3.63) is 141 Å². The number of aromatic nitrogens is 1. The van der Waals surface area contributed by atoms with Crippen LogP contribution < -0.4 is 0 Å². The molecule has 0 N–H and O–H groups in total. The summed E-state index contributed by atoms with van der Waals surface area (Å²) in [5, 5.41) is 23.4. The van der Waals surface area contributed by atoms with Gasteiger partial charge < -0.3 is 4.57 Å². The molecule has 0 amide bonds. The normalized spacial score (nSPS) is 16.0. The monoisotopic (exact) mass is 593 g/mol. The Morgan fingerprint density at radius 3 is 2.44 bits per heavy atom. The number of allylic oxidation sites excluding steroid dienone is 1. The topological polar surface area (TPSA) is 52.5 Å². The van der Waals surface area contributed by atoms with E-state index in [4.69, 9.17) is 0 Å². The summed E-state index contributed by atoms with van der Waals surface area (Å²) in [4.78, 5) is 1.39. The third-order valence-electron chi connectivity index (χ3n) is 10.0. The van der Waals surface area contributed by atoms with E-state index >= 15 is 0 Å². The van der Waals surface area contributed by atoms with E-state index in [0.717, 1.165) is 39.5 Å². The number of fused-ring (bicyclic) bond motifs is 9. The van der Waals surface area contributed by atoms with Crippen LogP contribution in [0.1, 0.15) is 58.0 Å². The summed E-state index contributed by atoms with van der Waals surface area (Å²) in [7, 11) is 0. The van der Waals surface area contributed by atoms with Crippen molar-refractivity contribution < 1.29 is 0 Å². The number of thiophene rings is 1. The maximum atomic E-state index is 10.4. The van der Waals surface area contributed by atoms with Crippen LogP contribution in [0.25, 0.3) is 54.8 Å². The largest absolute Gasteiger partial charge is 0.308 e. The highest BCUT2D eigenvalue weighted by Gasteiger charge is 2.36. The molecule has 5 aromatic carbocycles. The number of nitrogens with zero attached hydrogens (tertiary/aromatic N) is 3. The summed E-state index contributed by atoms with van der Waals surface area (Å²) in [6.45, 7) is 4.68. The molecule has 7 aromatic rings. The Bertz CT molecular complexity index is 2530. The Labute approximate surface area is 265 Å². The van der Waals surface area contributed by atoms with E-state index in [0.29, 0.717) is 11.1 Å². The van der Waals surface area contributed by atoms with Gasteiger partial charge >= 0.3 is 0 Å². The molecule has 0 aliphatic heterocycles. The summed E-state index contributed by atoms with van der Waals surface area (Å²) < 4.78 is 3.57. The first kappa shape index (κ1) is 26.0. The third-order valence-corrected chi connectivity index (χ3v) is 11.2. The van der Waals surface area contributed by atoms with Gasteiger partial charge in [0, 0.05) is 37.1 Å². The van der Waals surface area contributed by atoms with Gasteiger partial charge in [0.1, 0.15) is 6.07 Å². The number of hydrogen-bond donors (Lipinski definition) is 0. The first-order valence-corrected chi connectivity index (χ1v) is 16.1. The van der Waals surface area contributed by atoms with Gasteiger partial charge in [-0.2, -0.15) is 10.5 Å². The first-order chi connectivity index (χ1) is 22.0. The zero-order valence-electron chi connectivity index (χ0n) is 24.9. The van der Waals surface area contributed by atoms with Crippen LogP contribution in [-0.4, -0.2) is 4.57 Å². The summed E-state index contributed by atoms with van der Waals surface area (Å²) in [5.41, 5.74) is 12.2. The average Bonchev–Trinajstić information content (AvgIpc) is 3.68. The molecule has 4 heteroatoms. The number of rotatable bonds is 2. The van der Waals surface area contributed by atoms with E-state index < -0.39 is 0 Å². The fourth-order valence-corrected chi connectivity index (χ4v) is 9.14. The molecule has 2 aliphatic rings. The minimum Gasteiger partial charge on any atom is -0.308 e. The minimum atomic E-state index is -0.0219. The molecule has 9 rings (SSSR count). The molecular weight excluding hydrogens is 567 g/mol. The molecule has 1 unspecified atom stereocenters. The Hall–Kier alpha value is -5.42. The van der Waals surface area contributed by atoms with Crippen LogP contribution in [0, 0.1) is 22.7 Å². The molecule has 0 bridgehead atoms. The summed E-state index contributed by atoms with van der Waals surface area (Å²) in [6.07, 6.45) is 5.53. The second-order valence-electron chi connectivity index (χ2n) is 12.7. The molecular formula is C41H27N3S. The van der Waals surface area contributed by atoms with E-state index in [2.05, 4.69) is 97.3 Å². The van der Waals surface area contributed by atoms with Gasteiger partial charge in [-0.05, 0) is 82.3 Å². The molecule has 0 saturated carbocycles. The van der Waals surface area contributed by atoms with Crippen molar-refractivity contribution in [2.24, 2.45) is 0 Å². The number of para-hydroxylation sites is 2. The highest BCUT2D eigenvalue weighted by Crippen LogP contribution is 2.52. The molecule has 0 spiro atoms. The smallest absolute Gasteiger partial charge is 0.101 e. The van der Waals surface area contributed by atoms with Crippen LogP contribution in [0.2, 0.25) is 0 Å². The average molecular weight is 594 g/mol. The van der Waals surface area contributed by atoms with Crippen molar-refractivity contribution in [2.75, 3.05) is 0 Å². The van der Waals surface area contributed by atoms with Gasteiger partial charge in [-0.25, -0.2) is 0 Å². The van der Waals surface area contributed by atoms with Crippen LogP contribution in [0.15, 0.2) is 103 Å². The minimum absolute atomic E-state index is 0.0219. The van der Waals surface area contributed by atoms with E-state index in [1.54, 1.807) is 0 Å². The van der Waals surface area contributed by atoms with E-state index in [9.17, 15) is 10.5 Å². The quantitative estimate of drug-likeness (QED) is 0.200. The van der Waals surface area contributed by atoms with Gasteiger partial charge in [0.05, 0.1) is 33.9 Å². The molecule has 2 aliphatic carbocycles. The fourth-order valence-electron chi connectivity index (χ4n) is 7.87. The second-order valence-corrected chi connectivity index (χ2v) is 13.9. The van der Waals surface area contributed by atoms with Gasteiger partial charge in [-0.15, -0.1) is 11.3 Å². The highest BCUT2D eigenvalue weighted by molar-refractivity contribution is 7.19. The van der Waals surface area contributed by atoms with Gasteiger partial charge in [0.25, 0.3) is 0 Å². The number of nitriles is 2. The van der Waals surface area contributed by atoms with Crippen molar-refractivity contribution in [3.8, 4) is 29.0 Å². The lowest BCUT2D eigenvalue weighted by atomic mass is 9.82. The van der Waals surface area contributed by atoms with Crippen molar-refractivity contribution >= 4 is 49.3 Å². The maximum Gasteiger partial charge on any atom is 0.101 e. The Morgan fingerprint density at radius 1 is 0.756 bits per heavy atom. The van der Waals surface area contributed by atoms with Crippen LogP contribution in [0.5, 0.6) is 0 Å². The molecule has 0 fully saturated rings. The Balaban J connectivity index is 1.21. The SMILES string of the molecule is CC1(C)c2ccccc2-c2cc3c4c(sc3cc21)CC(c1cccc(C#N)c1-n1c2ccccc2c2cc(C#N)ccc21)C=C4. The fraction of sp³-hybridized carbons (Fsp3) is 0.122. The molecule has 0 radical (unpaired) electrons. The first-order valence-electron chi connectivity index (χ1n) is 15.3. The second kappa shape index (κ2) is 9.29. The Morgan fingerprint density at radius 2 is 1.58 bits per heavy atom. The molecule has 0 saturated heterocycles. The number of benzene rings is 5. The van der Waals surface area contributed by atoms with Crippen LogP contribution in [-0.2, 0) is 11.8 Å². The van der Waals surface area contributed by atoms with Gasteiger partial charge in [-0.1, -0.05) is 80.6 Å². The van der Waals surface area contributed by atoms with Crippen LogP contribution in [0.4, 0.5) is 0 Å². The molecule has 45 heavy (non-hydrogen) atoms. The van der Waals surface area contributed by atoms with Gasteiger partial charge in [0.2, 0.25) is 0 Å². The van der Waals surface area contributed by atoms with Crippen molar-refractivity contribution in [3.63, 3.8) is 0 Å². The lowest BCUT2D eigenvalue weighted by molar-refractivity contribution is 0.661. The van der Waals surface area contributed by atoms with E-state index in [1.165, 1.54) is 42.8 Å². The molecule has 3 nitrogen and oxygen atoms in total. The predicted molar refractivity (Wildman–Crippen MR) is 185 cm³/mol. The standard InChI is InChI=1S/C41H27N3S/c1-41(2)34-12-5-3-9-28(34)31-20-33-30-16-15-25(19-38(30)45-39(33)21-35(31)41)27-11-7-8-26(23-43)40(27)44-36-13-6-4-10-29(36)32-18-24(22-42)14-17-37(32)44/h3-18,20-21,25H,19H2,1-2H3. The van der Waals surface area contributed by atoms with Crippen LogP contribution >= 0.6 is 11.3 Å². The summed E-state index contributed by atoms with van der Waals surface area (Å²) in [5.74, 6) is 0.118. The molecule has 212 valence electrons. The number of hydrogen-bond acceptors (Lipinski definition) is 3. The zero-order valence-corrected chi connectivity index (χ0v) is 25.7. The van der Waals surface area contributed by atoms with Crippen molar-refractivity contribution in [1.82, 2.24) is 4.57 Å². The summed E-state index contributed by atoms with van der Waals surface area (Å²) in [6, 6.07) is 38.7. The van der Waals surface area contributed by atoms with Crippen molar-refractivity contribution in [2.45, 2.75) is 31.6 Å². The molecule has 1 atom stereocenters. The van der Waals surface area contributed by atoms with Gasteiger partial charge in [0.15, 0.2) is 0 Å². The molecule has 2 heterocycles. The zero-order chi connectivity index (χ0) is 30.4. The third kappa shape index (κ3) is 3.55. The Kier molecular flexibility index (Phi) is 5.37. The lowest BCUT2D eigenvalue weighted by Gasteiger charge is -2.23. The van der Waals surface area contributed by atoms with E-state index in [1.807, 2.05) is 53.8 Å². The van der Waals surface area contributed by atoms with E-state index in [-0.39, 0.29) is 11.3 Å². The molecule has 2 aromatic heterocycles.